The lowest BCUT2D eigenvalue weighted by Gasteiger charge is -2.39. The Kier molecular flexibility index (Phi) is 6.25. The number of carbonyl (C=O) groups excluding carboxylic acids is 4. The molecule has 2 N–H and O–H groups in total. The molecule has 182 valence electrons. The maximum Gasteiger partial charge on any atom is 0.349 e. The molecule has 0 radical (unpaired) electrons. The number of piperidine rings is 1. The number of alkyl halides is 2. The van der Waals surface area contributed by atoms with Gasteiger partial charge in [-0.1, -0.05) is 50.2 Å². The van der Waals surface area contributed by atoms with Crippen molar-refractivity contribution in [3.05, 3.63) is 70.3 Å². The molecule has 0 aromatic heterocycles. The molecule has 2 aromatic rings. The summed E-state index contributed by atoms with van der Waals surface area (Å²) in [5.74, 6) is -6.15. The number of fused-ring (bicyclic) bond motifs is 1. The summed E-state index contributed by atoms with van der Waals surface area (Å²) in [6, 6.07) is 10.5. The van der Waals surface area contributed by atoms with Crippen LogP contribution in [0.4, 0.5) is 8.78 Å². The number of hydrogen-bond acceptors (Lipinski definition) is 4. The maximum absolute atomic E-state index is 14.7. The summed E-state index contributed by atoms with van der Waals surface area (Å²) in [7, 11) is 1.62. The standard InChI is InChI=1S/C25H26BF2N3O4/c1-14(2)16-4-6-18(7-5-16)25(27,28)23(35)29-12-15-3-8-19-17(11-15)13-31(21(19)33)24(26)10-9-20(32)30-22(24)34/h3-8,11,14H,9-10,12-13,26H2,1-2H3,(H,29,35)(H,30,32,34)/t24-/m0/s1. The highest BCUT2D eigenvalue weighted by Gasteiger charge is 2.48. The van der Waals surface area contributed by atoms with Crippen LogP contribution in [0.3, 0.4) is 0 Å². The van der Waals surface area contributed by atoms with Crippen molar-refractivity contribution >= 4 is 31.5 Å². The van der Waals surface area contributed by atoms with Crippen LogP contribution in [-0.2, 0) is 33.4 Å². The van der Waals surface area contributed by atoms with E-state index in [0.717, 1.165) is 5.56 Å². The second-order valence-corrected chi connectivity index (χ2v) is 9.57. The Labute approximate surface area is 202 Å². The van der Waals surface area contributed by atoms with Gasteiger partial charge in [0.25, 0.3) is 11.8 Å². The Bertz CT molecular complexity index is 1220. The van der Waals surface area contributed by atoms with Gasteiger partial charge in [0.15, 0.2) is 0 Å². The molecule has 2 aliphatic rings. The Hall–Kier alpha value is -3.56. The molecular formula is C25H26BF2N3O4. The summed E-state index contributed by atoms with van der Waals surface area (Å²) in [6.45, 7) is 3.90. The van der Waals surface area contributed by atoms with Crippen molar-refractivity contribution in [3.8, 4) is 0 Å². The first-order chi connectivity index (χ1) is 16.4. The molecule has 35 heavy (non-hydrogen) atoms. The molecule has 0 unspecified atom stereocenters. The van der Waals surface area contributed by atoms with Crippen LogP contribution in [0.25, 0.3) is 0 Å². The number of hydrogen-bond donors (Lipinski definition) is 2. The molecule has 2 aromatic carbocycles. The van der Waals surface area contributed by atoms with Crippen molar-refractivity contribution in [1.82, 2.24) is 15.5 Å². The zero-order chi connectivity index (χ0) is 25.5. The zero-order valence-electron chi connectivity index (χ0n) is 19.8. The van der Waals surface area contributed by atoms with E-state index in [9.17, 15) is 28.0 Å². The number of nitrogens with zero attached hydrogens (tertiary/aromatic N) is 1. The van der Waals surface area contributed by atoms with Gasteiger partial charge in [0.1, 0.15) is 7.85 Å². The van der Waals surface area contributed by atoms with Gasteiger partial charge >= 0.3 is 5.92 Å². The van der Waals surface area contributed by atoms with E-state index < -0.39 is 23.2 Å². The number of benzene rings is 2. The predicted octanol–water partition coefficient (Wildman–Crippen LogP) is 1.94. The second-order valence-electron chi connectivity index (χ2n) is 9.57. The average molecular weight is 481 g/mol. The number of imide groups is 1. The molecule has 0 saturated carbocycles. The van der Waals surface area contributed by atoms with Crippen molar-refractivity contribution in [1.29, 1.82) is 0 Å². The van der Waals surface area contributed by atoms with Gasteiger partial charge in [-0.2, -0.15) is 8.78 Å². The molecule has 1 saturated heterocycles. The average Bonchev–Trinajstić information content (AvgIpc) is 3.16. The Balaban J connectivity index is 1.44. The monoisotopic (exact) mass is 481 g/mol. The lowest BCUT2D eigenvalue weighted by molar-refractivity contribution is -0.147. The summed E-state index contributed by atoms with van der Waals surface area (Å²) in [6.07, 6.45) is 0.349. The molecule has 1 fully saturated rings. The Morgan fingerprint density at radius 1 is 1.17 bits per heavy atom. The summed E-state index contributed by atoms with van der Waals surface area (Å²) >= 11 is 0. The van der Waals surface area contributed by atoms with E-state index in [1.807, 2.05) is 13.8 Å². The number of amides is 4. The van der Waals surface area contributed by atoms with Gasteiger partial charge in [-0.05, 0) is 35.1 Å². The quantitative estimate of drug-likeness (QED) is 0.487. The van der Waals surface area contributed by atoms with Crippen LogP contribution in [0.15, 0.2) is 42.5 Å². The third-order valence-electron chi connectivity index (χ3n) is 6.83. The van der Waals surface area contributed by atoms with E-state index >= 15 is 0 Å². The van der Waals surface area contributed by atoms with Crippen molar-refractivity contribution in [2.45, 2.75) is 57.1 Å². The van der Waals surface area contributed by atoms with E-state index in [1.165, 1.54) is 17.0 Å². The Morgan fingerprint density at radius 3 is 2.49 bits per heavy atom. The van der Waals surface area contributed by atoms with Gasteiger partial charge < -0.3 is 10.2 Å². The van der Waals surface area contributed by atoms with Gasteiger partial charge in [0, 0.05) is 30.6 Å². The predicted molar refractivity (Wildman–Crippen MR) is 126 cm³/mol. The minimum atomic E-state index is -3.70. The first kappa shape index (κ1) is 24.6. The first-order valence-corrected chi connectivity index (χ1v) is 11.5. The van der Waals surface area contributed by atoms with Crippen molar-refractivity contribution in [3.63, 3.8) is 0 Å². The van der Waals surface area contributed by atoms with Crippen molar-refractivity contribution in [2.24, 2.45) is 0 Å². The summed E-state index contributed by atoms with van der Waals surface area (Å²) in [5.41, 5.74) is 0.937. The molecule has 2 heterocycles. The summed E-state index contributed by atoms with van der Waals surface area (Å²) in [4.78, 5) is 50.7. The first-order valence-electron chi connectivity index (χ1n) is 11.5. The van der Waals surface area contributed by atoms with E-state index in [2.05, 4.69) is 10.6 Å². The molecule has 10 heteroatoms. The van der Waals surface area contributed by atoms with Gasteiger partial charge in [-0.15, -0.1) is 0 Å². The fraction of sp³-hybridized carbons (Fsp3) is 0.360. The number of carbonyl (C=O) groups is 4. The molecule has 4 rings (SSSR count). The molecular weight excluding hydrogens is 455 g/mol. The molecule has 2 aliphatic heterocycles. The second kappa shape index (κ2) is 8.90. The fourth-order valence-corrected chi connectivity index (χ4v) is 4.44. The molecule has 0 spiro atoms. The minimum absolute atomic E-state index is 0.133. The van der Waals surface area contributed by atoms with E-state index in [0.29, 0.717) is 16.7 Å². The molecule has 7 nitrogen and oxygen atoms in total. The van der Waals surface area contributed by atoms with Crippen LogP contribution < -0.4 is 10.6 Å². The van der Waals surface area contributed by atoms with Gasteiger partial charge in [-0.25, -0.2) is 0 Å². The van der Waals surface area contributed by atoms with Gasteiger partial charge in [0.2, 0.25) is 11.8 Å². The normalized spacial score (nSPS) is 20.1. The highest BCUT2D eigenvalue weighted by Crippen LogP contribution is 2.33. The van der Waals surface area contributed by atoms with E-state index in [1.54, 1.807) is 38.2 Å². The molecule has 0 bridgehead atoms. The van der Waals surface area contributed by atoms with E-state index in [4.69, 9.17) is 0 Å². The van der Waals surface area contributed by atoms with Crippen LogP contribution in [0.2, 0.25) is 0 Å². The highest BCUT2D eigenvalue weighted by molar-refractivity contribution is 6.32. The lowest BCUT2D eigenvalue weighted by atomic mass is 9.70. The molecule has 4 amide bonds. The number of nitrogens with one attached hydrogen (secondary N) is 2. The minimum Gasteiger partial charge on any atom is -0.346 e. The van der Waals surface area contributed by atoms with Crippen LogP contribution in [0.1, 0.15) is 65.2 Å². The van der Waals surface area contributed by atoms with Crippen LogP contribution in [0.5, 0.6) is 0 Å². The summed E-state index contributed by atoms with van der Waals surface area (Å²) in [5, 5.41) is 4.57. The number of halogens is 2. The highest BCUT2D eigenvalue weighted by atomic mass is 19.3. The third-order valence-corrected chi connectivity index (χ3v) is 6.83. The lowest BCUT2D eigenvalue weighted by Crippen LogP contribution is -2.63. The molecule has 0 aliphatic carbocycles. The van der Waals surface area contributed by atoms with Gasteiger partial charge in [-0.3, -0.25) is 24.5 Å². The van der Waals surface area contributed by atoms with Gasteiger partial charge in [0.05, 0.1) is 5.44 Å². The van der Waals surface area contributed by atoms with Crippen molar-refractivity contribution < 1.29 is 28.0 Å². The van der Waals surface area contributed by atoms with Crippen LogP contribution in [-0.4, -0.2) is 41.8 Å². The molecule has 1 atom stereocenters. The van der Waals surface area contributed by atoms with Crippen molar-refractivity contribution in [2.75, 3.05) is 0 Å². The summed E-state index contributed by atoms with van der Waals surface area (Å²) < 4.78 is 29.4. The van der Waals surface area contributed by atoms with E-state index in [-0.39, 0.29) is 49.2 Å². The maximum atomic E-state index is 14.7. The number of rotatable bonds is 6. The van der Waals surface area contributed by atoms with Crippen LogP contribution >= 0.6 is 0 Å². The fourth-order valence-electron chi connectivity index (χ4n) is 4.44. The topological polar surface area (TPSA) is 95.6 Å². The third kappa shape index (κ3) is 4.44. The SMILES string of the molecule is B[C@]1(N2Cc3cc(CNC(=O)C(F)(F)c4ccc(C(C)C)cc4)ccc3C2=O)CCC(=O)NC1=O. The smallest absolute Gasteiger partial charge is 0.346 e. The van der Waals surface area contributed by atoms with Crippen LogP contribution in [0, 0.1) is 0 Å². The Morgan fingerprint density at radius 2 is 1.86 bits per heavy atom. The zero-order valence-corrected chi connectivity index (χ0v) is 19.8. The largest absolute Gasteiger partial charge is 0.349 e.